The van der Waals surface area contributed by atoms with E-state index in [0.717, 1.165) is 12.0 Å². The van der Waals surface area contributed by atoms with E-state index in [1.807, 2.05) is 13.0 Å². The SMILES string of the molecule is CCOC(=O)c1cc(CC)ccc1C(Cl)C(C)=O. The highest BCUT2D eigenvalue weighted by molar-refractivity contribution is 6.31. The van der Waals surface area contributed by atoms with E-state index in [1.165, 1.54) is 6.92 Å². The first-order chi connectivity index (χ1) is 8.51. The molecule has 0 amide bonds. The molecule has 1 aromatic rings. The quantitative estimate of drug-likeness (QED) is 0.608. The maximum atomic E-state index is 11.9. The summed E-state index contributed by atoms with van der Waals surface area (Å²) in [5.74, 6) is -0.624. The number of esters is 1. The van der Waals surface area contributed by atoms with Crippen LogP contribution in [0.5, 0.6) is 0 Å². The first kappa shape index (κ1) is 14.7. The van der Waals surface area contributed by atoms with Crippen molar-refractivity contribution in [2.75, 3.05) is 6.61 Å². The van der Waals surface area contributed by atoms with Gasteiger partial charge in [0.15, 0.2) is 5.78 Å². The van der Waals surface area contributed by atoms with Crippen LogP contribution in [0.3, 0.4) is 0 Å². The molecule has 0 radical (unpaired) electrons. The maximum absolute atomic E-state index is 11.9. The van der Waals surface area contributed by atoms with Crippen molar-refractivity contribution in [3.05, 3.63) is 34.9 Å². The lowest BCUT2D eigenvalue weighted by Crippen LogP contribution is -2.12. The van der Waals surface area contributed by atoms with Crippen molar-refractivity contribution in [1.82, 2.24) is 0 Å². The molecule has 1 atom stereocenters. The minimum atomic E-state index is -0.810. The summed E-state index contributed by atoms with van der Waals surface area (Å²) in [5, 5.41) is -0.810. The molecule has 1 aromatic carbocycles. The Morgan fingerprint density at radius 1 is 1.33 bits per heavy atom. The Hall–Kier alpha value is -1.35. The van der Waals surface area contributed by atoms with Gasteiger partial charge in [0.2, 0.25) is 0 Å². The number of carbonyl (C=O) groups is 2. The number of ketones is 1. The van der Waals surface area contributed by atoms with Gasteiger partial charge < -0.3 is 4.74 Å². The number of alkyl halides is 1. The van der Waals surface area contributed by atoms with E-state index in [4.69, 9.17) is 16.3 Å². The molecule has 0 aliphatic heterocycles. The van der Waals surface area contributed by atoms with Crippen molar-refractivity contribution in [2.24, 2.45) is 0 Å². The lowest BCUT2D eigenvalue weighted by atomic mass is 9.98. The van der Waals surface area contributed by atoms with Gasteiger partial charge in [-0.25, -0.2) is 4.79 Å². The topological polar surface area (TPSA) is 43.4 Å². The standard InChI is InChI=1S/C14H17ClO3/c1-4-10-6-7-11(13(15)9(3)16)12(8-10)14(17)18-5-2/h6-8,13H,4-5H2,1-3H3. The van der Waals surface area contributed by atoms with Crippen LogP contribution in [-0.4, -0.2) is 18.4 Å². The molecule has 1 rings (SSSR count). The minimum Gasteiger partial charge on any atom is -0.462 e. The van der Waals surface area contributed by atoms with E-state index < -0.39 is 11.3 Å². The van der Waals surface area contributed by atoms with Crippen LogP contribution in [0.1, 0.15) is 47.6 Å². The van der Waals surface area contributed by atoms with Crippen molar-refractivity contribution < 1.29 is 14.3 Å². The van der Waals surface area contributed by atoms with Crippen LogP contribution >= 0.6 is 11.6 Å². The molecule has 1 unspecified atom stereocenters. The summed E-state index contributed by atoms with van der Waals surface area (Å²) in [7, 11) is 0. The number of rotatable bonds is 5. The molecule has 0 saturated heterocycles. The van der Waals surface area contributed by atoms with Crippen LogP contribution in [0.2, 0.25) is 0 Å². The van der Waals surface area contributed by atoms with E-state index in [0.29, 0.717) is 17.7 Å². The van der Waals surface area contributed by atoms with E-state index in [1.54, 1.807) is 19.1 Å². The molecule has 0 aliphatic carbocycles. The van der Waals surface area contributed by atoms with E-state index in [9.17, 15) is 9.59 Å². The number of Topliss-reactive ketones (excluding diaryl/α,β-unsaturated/α-hetero) is 1. The summed E-state index contributed by atoms with van der Waals surface area (Å²) in [6.07, 6.45) is 0.805. The van der Waals surface area contributed by atoms with Gasteiger partial charge in [-0.15, -0.1) is 11.6 Å². The van der Waals surface area contributed by atoms with Crippen LogP contribution < -0.4 is 0 Å². The van der Waals surface area contributed by atoms with Crippen molar-refractivity contribution in [2.45, 2.75) is 32.6 Å². The van der Waals surface area contributed by atoms with Gasteiger partial charge in [-0.1, -0.05) is 19.1 Å². The average molecular weight is 269 g/mol. The van der Waals surface area contributed by atoms with Gasteiger partial charge in [0.1, 0.15) is 5.38 Å². The summed E-state index contributed by atoms with van der Waals surface area (Å²) in [4.78, 5) is 23.2. The van der Waals surface area contributed by atoms with Gasteiger partial charge in [0.05, 0.1) is 12.2 Å². The van der Waals surface area contributed by atoms with Crippen LogP contribution in [0.15, 0.2) is 18.2 Å². The molecule has 0 fully saturated rings. The first-order valence-electron chi connectivity index (χ1n) is 5.95. The zero-order valence-electron chi connectivity index (χ0n) is 10.8. The second-order valence-electron chi connectivity index (χ2n) is 3.97. The number of benzene rings is 1. The third kappa shape index (κ3) is 3.33. The first-order valence-corrected chi connectivity index (χ1v) is 6.39. The predicted molar refractivity (Wildman–Crippen MR) is 71.1 cm³/mol. The van der Waals surface area contributed by atoms with Crippen molar-refractivity contribution in [3.63, 3.8) is 0 Å². The lowest BCUT2D eigenvalue weighted by Gasteiger charge is -2.13. The third-order valence-electron chi connectivity index (χ3n) is 2.65. The molecule has 0 heterocycles. The lowest BCUT2D eigenvalue weighted by molar-refractivity contribution is -0.116. The predicted octanol–water partition coefficient (Wildman–Crippen LogP) is 3.29. The van der Waals surface area contributed by atoms with Gasteiger partial charge in [-0.2, -0.15) is 0 Å². The fraction of sp³-hybridized carbons (Fsp3) is 0.429. The monoisotopic (exact) mass is 268 g/mol. The smallest absolute Gasteiger partial charge is 0.338 e. The normalized spacial score (nSPS) is 12.0. The second-order valence-corrected chi connectivity index (χ2v) is 4.41. The van der Waals surface area contributed by atoms with Gasteiger partial charge in [0, 0.05) is 0 Å². The minimum absolute atomic E-state index is 0.188. The molecule has 3 nitrogen and oxygen atoms in total. The van der Waals surface area contributed by atoms with E-state index in [2.05, 4.69) is 0 Å². The fourth-order valence-corrected chi connectivity index (χ4v) is 1.84. The fourth-order valence-electron chi connectivity index (χ4n) is 1.65. The van der Waals surface area contributed by atoms with Crippen LogP contribution in [0, 0.1) is 0 Å². The summed E-state index contributed by atoms with van der Waals surface area (Å²) in [5.41, 5.74) is 1.90. The number of halogens is 1. The molecule has 0 bridgehead atoms. The number of hydrogen-bond donors (Lipinski definition) is 0. The molecule has 0 spiro atoms. The Kier molecular flexibility index (Phi) is 5.35. The van der Waals surface area contributed by atoms with Crippen LogP contribution in [0.25, 0.3) is 0 Å². The zero-order valence-corrected chi connectivity index (χ0v) is 11.6. The van der Waals surface area contributed by atoms with Crippen molar-refractivity contribution in [3.8, 4) is 0 Å². The summed E-state index contributed by atoms with van der Waals surface area (Å²) in [6, 6.07) is 5.34. The van der Waals surface area contributed by atoms with Crippen LogP contribution in [-0.2, 0) is 16.0 Å². The Morgan fingerprint density at radius 2 is 2.00 bits per heavy atom. The highest BCUT2D eigenvalue weighted by atomic mass is 35.5. The summed E-state index contributed by atoms with van der Waals surface area (Å²) >= 11 is 6.03. The molecule has 18 heavy (non-hydrogen) atoms. The van der Waals surface area contributed by atoms with Gasteiger partial charge in [-0.05, 0) is 37.5 Å². The number of aryl methyl sites for hydroxylation is 1. The maximum Gasteiger partial charge on any atom is 0.338 e. The summed E-state index contributed by atoms with van der Waals surface area (Å²) in [6.45, 7) is 5.43. The van der Waals surface area contributed by atoms with E-state index in [-0.39, 0.29) is 5.78 Å². The number of ether oxygens (including phenoxy) is 1. The molecular formula is C14H17ClO3. The molecule has 98 valence electrons. The van der Waals surface area contributed by atoms with Crippen LogP contribution in [0.4, 0.5) is 0 Å². The summed E-state index contributed by atoms with van der Waals surface area (Å²) < 4.78 is 4.99. The Morgan fingerprint density at radius 3 is 2.50 bits per heavy atom. The van der Waals surface area contributed by atoms with Gasteiger partial charge in [0.25, 0.3) is 0 Å². The van der Waals surface area contributed by atoms with Crippen molar-refractivity contribution >= 4 is 23.4 Å². The van der Waals surface area contributed by atoms with Gasteiger partial charge >= 0.3 is 5.97 Å². The second kappa shape index (κ2) is 6.55. The molecule has 0 aliphatic rings. The average Bonchev–Trinajstić information content (AvgIpc) is 2.37. The third-order valence-corrected chi connectivity index (χ3v) is 3.19. The molecule has 4 heteroatoms. The van der Waals surface area contributed by atoms with E-state index >= 15 is 0 Å². The molecule has 0 aromatic heterocycles. The largest absolute Gasteiger partial charge is 0.462 e. The Balaban J connectivity index is 3.24. The Labute approximate surface area is 112 Å². The number of carbonyl (C=O) groups excluding carboxylic acids is 2. The number of hydrogen-bond acceptors (Lipinski definition) is 3. The van der Waals surface area contributed by atoms with Gasteiger partial charge in [-0.3, -0.25) is 4.79 Å². The molecule has 0 N–H and O–H groups in total. The molecule has 0 saturated carbocycles. The van der Waals surface area contributed by atoms with Crippen molar-refractivity contribution in [1.29, 1.82) is 0 Å². The highest BCUT2D eigenvalue weighted by Crippen LogP contribution is 2.26. The Bertz CT molecular complexity index is 454. The highest BCUT2D eigenvalue weighted by Gasteiger charge is 2.21. The molecular weight excluding hydrogens is 252 g/mol. The zero-order chi connectivity index (χ0) is 13.7.